The number of likely N-dealkylation sites (N-methyl/N-ethyl adjacent to an activating group) is 1. The van der Waals surface area contributed by atoms with Crippen LogP contribution in [-0.2, 0) is 16.1 Å². The van der Waals surface area contributed by atoms with Gasteiger partial charge in [0, 0.05) is 20.5 Å². The van der Waals surface area contributed by atoms with E-state index in [1.54, 1.807) is 30.1 Å². The molecule has 0 aliphatic heterocycles. The van der Waals surface area contributed by atoms with Crippen molar-refractivity contribution in [3.8, 4) is 0 Å². The minimum absolute atomic E-state index is 0.0985. The Balaban J connectivity index is 2.14. The minimum atomic E-state index is -0.277. The molecule has 0 saturated carbocycles. The van der Waals surface area contributed by atoms with Crippen molar-refractivity contribution in [1.29, 1.82) is 0 Å². The largest absolute Gasteiger partial charge is 0.340 e. The fourth-order valence-electron chi connectivity index (χ4n) is 2.27. The molecule has 0 atom stereocenters. The van der Waals surface area contributed by atoms with Gasteiger partial charge in [0.2, 0.25) is 11.8 Å². The van der Waals surface area contributed by atoms with Gasteiger partial charge in [0.05, 0.1) is 15.7 Å². The van der Waals surface area contributed by atoms with Crippen molar-refractivity contribution in [2.45, 2.75) is 13.5 Å². The van der Waals surface area contributed by atoms with E-state index in [4.69, 9.17) is 23.2 Å². The monoisotopic (exact) mass is 364 g/mol. The third-order valence-electron chi connectivity index (χ3n) is 3.58. The SMILES string of the molecule is CC(=O)N(CC(=O)N(C)Cc1ccccc1)c1cccc(Cl)c1Cl. The summed E-state index contributed by atoms with van der Waals surface area (Å²) in [6.07, 6.45) is 0. The second kappa shape index (κ2) is 8.18. The molecule has 2 aromatic carbocycles. The lowest BCUT2D eigenvalue weighted by Gasteiger charge is -2.25. The van der Waals surface area contributed by atoms with Gasteiger partial charge in [0.1, 0.15) is 6.54 Å². The first-order valence-corrected chi connectivity index (χ1v) is 8.15. The lowest BCUT2D eigenvalue weighted by atomic mass is 10.2. The van der Waals surface area contributed by atoms with Gasteiger partial charge in [-0.3, -0.25) is 9.59 Å². The summed E-state index contributed by atoms with van der Waals surface area (Å²) in [6.45, 7) is 1.76. The Labute approximate surface area is 151 Å². The van der Waals surface area contributed by atoms with Crippen LogP contribution in [0.25, 0.3) is 0 Å². The smallest absolute Gasteiger partial charge is 0.242 e. The van der Waals surface area contributed by atoms with E-state index < -0.39 is 0 Å². The van der Waals surface area contributed by atoms with Gasteiger partial charge in [0.15, 0.2) is 0 Å². The van der Waals surface area contributed by atoms with Crippen molar-refractivity contribution in [1.82, 2.24) is 4.90 Å². The molecule has 0 unspecified atom stereocenters. The fraction of sp³-hybridized carbons (Fsp3) is 0.222. The van der Waals surface area contributed by atoms with Crippen LogP contribution in [0.3, 0.4) is 0 Å². The van der Waals surface area contributed by atoms with E-state index in [0.29, 0.717) is 17.3 Å². The van der Waals surface area contributed by atoms with E-state index in [1.165, 1.54) is 11.8 Å². The average Bonchev–Trinajstić information content (AvgIpc) is 2.56. The Hall–Kier alpha value is -2.04. The lowest BCUT2D eigenvalue weighted by Crippen LogP contribution is -2.40. The molecule has 0 aromatic heterocycles. The van der Waals surface area contributed by atoms with Gasteiger partial charge in [-0.1, -0.05) is 59.6 Å². The first kappa shape index (κ1) is 18.3. The summed E-state index contributed by atoms with van der Waals surface area (Å²) in [5.74, 6) is -0.467. The first-order valence-electron chi connectivity index (χ1n) is 7.40. The number of halogens is 2. The molecule has 0 radical (unpaired) electrons. The molecule has 2 aromatic rings. The Morgan fingerprint density at radius 3 is 2.29 bits per heavy atom. The van der Waals surface area contributed by atoms with Crippen LogP contribution in [-0.4, -0.2) is 30.3 Å². The average molecular weight is 365 g/mol. The van der Waals surface area contributed by atoms with Crippen molar-refractivity contribution in [2.75, 3.05) is 18.5 Å². The maximum absolute atomic E-state index is 12.5. The summed E-state index contributed by atoms with van der Waals surface area (Å²) in [7, 11) is 1.70. The van der Waals surface area contributed by atoms with Crippen LogP contribution in [0.4, 0.5) is 5.69 Å². The van der Waals surface area contributed by atoms with E-state index in [2.05, 4.69) is 0 Å². The molecule has 2 amide bonds. The van der Waals surface area contributed by atoms with Crippen LogP contribution in [0, 0.1) is 0 Å². The fourth-order valence-corrected chi connectivity index (χ4v) is 2.67. The number of carbonyl (C=O) groups excluding carboxylic acids is 2. The topological polar surface area (TPSA) is 40.6 Å². The summed E-state index contributed by atoms with van der Waals surface area (Å²) < 4.78 is 0. The quantitative estimate of drug-likeness (QED) is 0.804. The van der Waals surface area contributed by atoms with E-state index in [9.17, 15) is 9.59 Å². The van der Waals surface area contributed by atoms with E-state index in [0.717, 1.165) is 5.56 Å². The molecule has 0 fully saturated rings. The van der Waals surface area contributed by atoms with Crippen molar-refractivity contribution in [3.05, 3.63) is 64.1 Å². The molecule has 0 aliphatic carbocycles. The Kier molecular flexibility index (Phi) is 6.23. The van der Waals surface area contributed by atoms with E-state index in [1.807, 2.05) is 30.3 Å². The third kappa shape index (κ3) is 4.49. The molecule has 2 rings (SSSR count). The zero-order valence-corrected chi connectivity index (χ0v) is 15.0. The normalized spacial score (nSPS) is 10.3. The number of carbonyl (C=O) groups is 2. The predicted octanol–water partition coefficient (Wildman–Crippen LogP) is 4.00. The third-order valence-corrected chi connectivity index (χ3v) is 4.39. The van der Waals surface area contributed by atoms with Crippen molar-refractivity contribution in [2.24, 2.45) is 0 Å². The lowest BCUT2D eigenvalue weighted by molar-refractivity contribution is -0.130. The molecule has 24 heavy (non-hydrogen) atoms. The maximum Gasteiger partial charge on any atom is 0.242 e. The van der Waals surface area contributed by atoms with E-state index in [-0.39, 0.29) is 23.4 Å². The molecule has 0 heterocycles. The van der Waals surface area contributed by atoms with Crippen molar-refractivity contribution >= 4 is 40.7 Å². The highest BCUT2D eigenvalue weighted by atomic mass is 35.5. The predicted molar refractivity (Wildman–Crippen MR) is 97.4 cm³/mol. The van der Waals surface area contributed by atoms with Gasteiger partial charge in [0.25, 0.3) is 0 Å². The van der Waals surface area contributed by atoms with Gasteiger partial charge >= 0.3 is 0 Å². The molecule has 0 saturated heterocycles. The number of nitrogens with zero attached hydrogens (tertiary/aromatic N) is 2. The van der Waals surface area contributed by atoms with Crippen molar-refractivity contribution < 1.29 is 9.59 Å². The summed E-state index contributed by atoms with van der Waals surface area (Å²) in [5.41, 5.74) is 1.45. The number of rotatable bonds is 5. The van der Waals surface area contributed by atoms with Crippen LogP contribution in [0.15, 0.2) is 48.5 Å². The molecule has 6 heteroatoms. The van der Waals surface area contributed by atoms with Crippen LogP contribution in [0.5, 0.6) is 0 Å². The summed E-state index contributed by atoms with van der Waals surface area (Å²) in [5, 5.41) is 0.596. The summed E-state index contributed by atoms with van der Waals surface area (Å²) >= 11 is 12.2. The minimum Gasteiger partial charge on any atom is -0.340 e. The van der Waals surface area contributed by atoms with Gasteiger partial charge in [-0.25, -0.2) is 0 Å². The second-order valence-electron chi connectivity index (χ2n) is 5.41. The summed E-state index contributed by atoms with van der Waals surface area (Å²) in [4.78, 5) is 27.4. The van der Waals surface area contributed by atoms with Crippen LogP contribution in [0.1, 0.15) is 12.5 Å². The van der Waals surface area contributed by atoms with Crippen LogP contribution >= 0.6 is 23.2 Å². The molecule has 0 N–H and O–H groups in total. The van der Waals surface area contributed by atoms with Gasteiger partial charge < -0.3 is 9.80 Å². The van der Waals surface area contributed by atoms with Crippen LogP contribution in [0.2, 0.25) is 10.0 Å². The number of hydrogen-bond donors (Lipinski definition) is 0. The maximum atomic E-state index is 12.5. The summed E-state index contributed by atoms with van der Waals surface area (Å²) in [6, 6.07) is 14.6. The number of anilines is 1. The Morgan fingerprint density at radius 2 is 1.67 bits per heavy atom. The number of benzene rings is 2. The molecular weight excluding hydrogens is 347 g/mol. The molecule has 0 bridgehead atoms. The highest BCUT2D eigenvalue weighted by Gasteiger charge is 2.21. The Morgan fingerprint density at radius 1 is 1.00 bits per heavy atom. The van der Waals surface area contributed by atoms with Gasteiger partial charge in [-0.15, -0.1) is 0 Å². The Bertz CT molecular complexity index is 735. The first-order chi connectivity index (χ1) is 11.4. The van der Waals surface area contributed by atoms with Crippen molar-refractivity contribution in [3.63, 3.8) is 0 Å². The van der Waals surface area contributed by atoms with E-state index >= 15 is 0 Å². The molecule has 126 valence electrons. The van der Waals surface area contributed by atoms with Gasteiger partial charge in [-0.2, -0.15) is 0 Å². The molecule has 0 aliphatic rings. The number of amides is 2. The molecule has 4 nitrogen and oxygen atoms in total. The zero-order chi connectivity index (χ0) is 17.7. The van der Waals surface area contributed by atoms with Crippen LogP contribution < -0.4 is 4.90 Å². The highest BCUT2D eigenvalue weighted by molar-refractivity contribution is 6.44. The number of hydrogen-bond acceptors (Lipinski definition) is 2. The molecular formula is C18H18Cl2N2O2. The zero-order valence-electron chi connectivity index (χ0n) is 13.5. The van der Waals surface area contributed by atoms with Gasteiger partial charge in [-0.05, 0) is 17.7 Å². The highest BCUT2D eigenvalue weighted by Crippen LogP contribution is 2.32. The second-order valence-corrected chi connectivity index (χ2v) is 6.20. The molecule has 0 spiro atoms. The standard InChI is InChI=1S/C18H18Cl2N2O2/c1-13(23)22(16-10-6-9-15(19)18(16)20)12-17(24)21(2)11-14-7-4-3-5-8-14/h3-10H,11-12H2,1-2H3.